The van der Waals surface area contributed by atoms with Crippen LogP contribution in [-0.2, 0) is 12.8 Å². The second-order valence-corrected chi connectivity index (χ2v) is 4.03. The Morgan fingerprint density at radius 1 is 1.43 bits per heavy atom. The summed E-state index contributed by atoms with van der Waals surface area (Å²) in [6.45, 7) is 3.23. The van der Waals surface area contributed by atoms with E-state index in [4.69, 9.17) is 5.73 Å². The van der Waals surface area contributed by atoms with Crippen molar-refractivity contribution in [2.24, 2.45) is 0 Å². The molecule has 0 aromatic heterocycles. The Balaban J connectivity index is 2.15. The molecular weight excluding hydrogens is 172 g/mol. The maximum Gasteiger partial charge on any atom is 0.0316 e. The lowest BCUT2D eigenvalue weighted by atomic mass is 9.88. The van der Waals surface area contributed by atoms with E-state index in [1.165, 1.54) is 17.5 Å². The van der Waals surface area contributed by atoms with Crippen LogP contribution in [0, 0.1) is 0 Å². The van der Waals surface area contributed by atoms with Crippen LogP contribution in [0.15, 0.2) is 18.2 Å². The fourth-order valence-corrected chi connectivity index (χ4v) is 2.24. The molecule has 1 aromatic rings. The number of nitrogen functional groups attached to an aromatic ring is 1. The van der Waals surface area contributed by atoms with Crippen molar-refractivity contribution in [1.29, 1.82) is 0 Å². The minimum Gasteiger partial charge on any atom is -0.399 e. The summed E-state index contributed by atoms with van der Waals surface area (Å²) in [7, 11) is 0. The van der Waals surface area contributed by atoms with Gasteiger partial charge in [0.05, 0.1) is 0 Å². The minimum absolute atomic E-state index is 0.663. The van der Waals surface area contributed by atoms with Gasteiger partial charge in [0.15, 0.2) is 0 Å². The van der Waals surface area contributed by atoms with Crippen LogP contribution >= 0.6 is 0 Å². The average molecular weight is 190 g/mol. The number of fused-ring (bicyclic) bond motifs is 1. The van der Waals surface area contributed by atoms with E-state index in [-0.39, 0.29) is 0 Å². The lowest BCUT2D eigenvalue weighted by Crippen LogP contribution is -2.34. The molecule has 0 aliphatic heterocycles. The van der Waals surface area contributed by atoms with E-state index >= 15 is 0 Å². The molecule has 2 rings (SSSR count). The van der Waals surface area contributed by atoms with Crippen molar-refractivity contribution < 1.29 is 0 Å². The highest BCUT2D eigenvalue weighted by Gasteiger charge is 2.17. The number of benzene rings is 1. The second kappa shape index (κ2) is 4.01. The van der Waals surface area contributed by atoms with Gasteiger partial charge in [0.2, 0.25) is 0 Å². The normalized spacial score (nSPS) is 20.5. The molecule has 1 aromatic carbocycles. The first-order valence-corrected chi connectivity index (χ1v) is 5.40. The van der Waals surface area contributed by atoms with Crippen molar-refractivity contribution in [3.05, 3.63) is 29.3 Å². The maximum absolute atomic E-state index is 5.76. The molecule has 76 valence electrons. The molecule has 0 radical (unpaired) electrons. The molecule has 14 heavy (non-hydrogen) atoms. The molecule has 0 heterocycles. The summed E-state index contributed by atoms with van der Waals surface area (Å²) in [5.74, 6) is 0. The smallest absolute Gasteiger partial charge is 0.0316 e. The monoisotopic (exact) mass is 190 g/mol. The van der Waals surface area contributed by atoms with Gasteiger partial charge in [-0.1, -0.05) is 13.0 Å². The Kier molecular flexibility index (Phi) is 2.73. The van der Waals surface area contributed by atoms with Crippen LogP contribution in [0.5, 0.6) is 0 Å². The largest absolute Gasteiger partial charge is 0.399 e. The van der Waals surface area contributed by atoms with Crippen molar-refractivity contribution in [3.63, 3.8) is 0 Å². The highest BCUT2D eigenvalue weighted by atomic mass is 14.9. The van der Waals surface area contributed by atoms with Crippen LogP contribution in [0.4, 0.5) is 5.69 Å². The molecule has 0 saturated heterocycles. The molecule has 1 unspecified atom stereocenters. The first-order chi connectivity index (χ1) is 6.79. The molecule has 1 atom stereocenters. The number of nitrogens with two attached hydrogens (primary N) is 1. The zero-order valence-corrected chi connectivity index (χ0v) is 8.72. The fraction of sp³-hybridized carbons (Fsp3) is 0.500. The molecule has 2 heteroatoms. The van der Waals surface area contributed by atoms with Crippen LogP contribution in [0.1, 0.15) is 24.5 Å². The number of hydrogen-bond acceptors (Lipinski definition) is 2. The topological polar surface area (TPSA) is 38.0 Å². The molecule has 0 amide bonds. The zero-order chi connectivity index (χ0) is 9.97. The second-order valence-electron chi connectivity index (χ2n) is 4.03. The Morgan fingerprint density at radius 2 is 2.29 bits per heavy atom. The molecular formula is C12H18N2. The summed E-state index contributed by atoms with van der Waals surface area (Å²) in [5, 5.41) is 3.51. The highest BCUT2D eigenvalue weighted by molar-refractivity contribution is 5.45. The van der Waals surface area contributed by atoms with E-state index in [2.05, 4.69) is 24.4 Å². The summed E-state index contributed by atoms with van der Waals surface area (Å²) >= 11 is 0. The van der Waals surface area contributed by atoms with Crippen molar-refractivity contribution >= 4 is 5.69 Å². The number of anilines is 1. The van der Waals surface area contributed by atoms with Gasteiger partial charge in [0.1, 0.15) is 0 Å². The van der Waals surface area contributed by atoms with Crippen LogP contribution < -0.4 is 11.1 Å². The number of nitrogens with one attached hydrogen (secondary N) is 1. The van der Waals surface area contributed by atoms with Gasteiger partial charge in [-0.15, -0.1) is 0 Å². The van der Waals surface area contributed by atoms with Crippen LogP contribution in [0.2, 0.25) is 0 Å². The maximum atomic E-state index is 5.76. The lowest BCUT2D eigenvalue weighted by molar-refractivity contribution is 0.471. The van der Waals surface area contributed by atoms with Crippen LogP contribution in [0.3, 0.4) is 0 Å². The fourth-order valence-electron chi connectivity index (χ4n) is 2.24. The van der Waals surface area contributed by atoms with Gasteiger partial charge < -0.3 is 11.1 Å². The van der Waals surface area contributed by atoms with Gasteiger partial charge in [-0.05, 0) is 49.1 Å². The van der Waals surface area contributed by atoms with Crippen molar-refractivity contribution in [3.8, 4) is 0 Å². The van der Waals surface area contributed by atoms with Gasteiger partial charge in [0.25, 0.3) is 0 Å². The summed E-state index contributed by atoms with van der Waals surface area (Å²) in [5.41, 5.74) is 9.57. The number of hydrogen-bond donors (Lipinski definition) is 2. The van der Waals surface area contributed by atoms with Crippen LogP contribution in [0.25, 0.3) is 0 Å². The molecule has 1 aliphatic carbocycles. The van der Waals surface area contributed by atoms with Gasteiger partial charge >= 0.3 is 0 Å². The van der Waals surface area contributed by atoms with E-state index in [0.717, 1.165) is 25.1 Å². The third-order valence-corrected chi connectivity index (χ3v) is 2.95. The third-order valence-electron chi connectivity index (χ3n) is 2.95. The van der Waals surface area contributed by atoms with E-state index in [1.54, 1.807) is 0 Å². The van der Waals surface area contributed by atoms with Crippen molar-refractivity contribution in [2.45, 2.75) is 32.2 Å². The predicted octanol–water partition coefficient (Wildman–Crippen LogP) is 1.74. The summed E-state index contributed by atoms with van der Waals surface area (Å²) in [6.07, 6.45) is 3.56. The first kappa shape index (κ1) is 9.53. The molecule has 0 bridgehead atoms. The molecule has 0 saturated carbocycles. The highest BCUT2D eigenvalue weighted by Crippen LogP contribution is 2.23. The molecule has 3 N–H and O–H groups in total. The predicted molar refractivity (Wildman–Crippen MR) is 60.3 cm³/mol. The third kappa shape index (κ3) is 1.90. The average Bonchev–Trinajstić information content (AvgIpc) is 2.19. The standard InChI is InChI=1S/C12H18N2/c1-2-14-12-6-4-9-7-11(13)5-3-10(9)8-12/h3,5,7,12,14H,2,4,6,8,13H2,1H3. The van der Waals surface area contributed by atoms with E-state index in [1.807, 2.05) is 6.07 Å². The van der Waals surface area contributed by atoms with E-state index < -0.39 is 0 Å². The summed E-state index contributed by atoms with van der Waals surface area (Å²) in [6, 6.07) is 6.97. The summed E-state index contributed by atoms with van der Waals surface area (Å²) < 4.78 is 0. The lowest BCUT2D eigenvalue weighted by Gasteiger charge is -2.25. The summed E-state index contributed by atoms with van der Waals surface area (Å²) in [4.78, 5) is 0. The minimum atomic E-state index is 0.663. The zero-order valence-electron chi connectivity index (χ0n) is 8.72. The van der Waals surface area contributed by atoms with Crippen molar-refractivity contribution in [2.75, 3.05) is 12.3 Å². The Hall–Kier alpha value is -1.02. The molecule has 2 nitrogen and oxygen atoms in total. The Labute approximate surface area is 85.5 Å². The first-order valence-electron chi connectivity index (χ1n) is 5.40. The Bertz CT molecular complexity index is 320. The Morgan fingerprint density at radius 3 is 3.07 bits per heavy atom. The van der Waals surface area contributed by atoms with Gasteiger partial charge in [-0.2, -0.15) is 0 Å². The molecule has 1 aliphatic rings. The van der Waals surface area contributed by atoms with Gasteiger partial charge in [0, 0.05) is 11.7 Å². The number of likely N-dealkylation sites (N-methyl/N-ethyl adjacent to an activating group) is 1. The SMILES string of the molecule is CCNC1CCc2cc(N)ccc2C1. The van der Waals surface area contributed by atoms with Gasteiger partial charge in [-0.25, -0.2) is 0 Å². The van der Waals surface area contributed by atoms with E-state index in [0.29, 0.717) is 6.04 Å². The quantitative estimate of drug-likeness (QED) is 0.697. The number of rotatable bonds is 2. The molecule has 0 spiro atoms. The van der Waals surface area contributed by atoms with Crippen LogP contribution in [-0.4, -0.2) is 12.6 Å². The van der Waals surface area contributed by atoms with Crippen molar-refractivity contribution in [1.82, 2.24) is 5.32 Å². The van der Waals surface area contributed by atoms with Gasteiger partial charge in [-0.3, -0.25) is 0 Å². The molecule has 0 fully saturated rings. The van der Waals surface area contributed by atoms with E-state index in [9.17, 15) is 0 Å². The number of aryl methyl sites for hydroxylation is 1.